The maximum atomic E-state index is 4.84. The largest absolute Gasteiger partial charge is 0.369 e. The Balaban J connectivity index is 0.000000156. The molecule has 0 spiro atoms. The van der Waals surface area contributed by atoms with Crippen LogP contribution in [0.25, 0.3) is 44.3 Å². The minimum atomic E-state index is 0.340. The monoisotopic (exact) mass is 933 g/mol. The molecule has 8 aromatic rings. The van der Waals surface area contributed by atoms with Crippen LogP contribution in [-0.4, -0.2) is 102 Å². The Morgan fingerprint density at radius 1 is 0.554 bits per heavy atom. The lowest BCUT2D eigenvalue weighted by molar-refractivity contribution is 0.277. The molecular formula is C51H60BrN13. The van der Waals surface area contributed by atoms with Gasteiger partial charge in [-0.3, -0.25) is 9.97 Å². The van der Waals surface area contributed by atoms with E-state index in [2.05, 4.69) is 155 Å². The molecule has 0 saturated carbocycles. The van der Waals surface area contributed by atoms with Crippen molar-refractivity contribution >= 4 is 66.7 Å². The molecule has 8 heterocycles. The molecular weight excluding hydrogens is 875 g/mol. The van der Waals surface area contributed by atoms with Crippen molar-refractivity contribution in [2.45, 2.75) is 59.0 Å². The predicted octanol–water partition coefficient (Wildman–Crippen LogP) is 11.3. The third kappa shape index (κ3) is 11.4. The molecule has 2 saturated heterocycles. The lowest BCUT2D eigenvalue weighted by atomic mass is 10.1. The van der Waals surface area contributed by atoms with Gasteiger partial charge in [0.15, 0.2) is 0 Å². The summed E-state index contributed by atoms with van der Waals surface area (Å²) >= 11 is 3.48. The molecule has 0 atom stereocenters. The van der Waals surface area contributed by atoms with Gasteiger partial charge in [-0.2, -0.15) is 0 Å². The molecule has 14 heteroatoms. The van der Waals surface area contributed by atoms with Crippen LogP contribution >= 0.6 is 15.9 Å². The number of piperidine rings is 1. The number of nitrogens with zero attached hydrogens (tertiary/aromatic N) is 11. The van der Waals surface area contributed by atoms with Crippen LogP contribution in [0.2, 0.25) is 0 Å². The summed E-state index contributed by atoms with van der Waals surface area (Å²) in [4.78, 5) is 34.2. The summed E-state index contributed by atoms with van der Waals surface area (Å²) in [6.07, 6.45) is 19.6. The highest BCUT2D eigenvalue weighted by Gasteiger charge is 2.17. The van der Waals surface area contributed by atoms with Gasteiger partial charge in [-0.1, -0.05) is 34.5 Å². The Kier molecular flexibility index (Phi) is 14.8. The van der Waals surface area contributed by atoms with Crippen LogP contribution in [0.5, 0.6) is 0 Å². The molecule has 13 nitrogen and oxygen atoms in total. The van der Waals surface area contributed by atoms with E-state index in [9.17, 15) is 0 Å². The minimum Gasteiger partial charge on any atom is -0.369 e. The highest BCUT2D eigenvalue weighted by atomic mass is 79.9. The standard InChI is InChI=1S/C25H29N7.C20H18BrN5.C6H13N/c1-18(2)32-17-22(21-7-9-26-16-24(21)32)23-8-10-27-25(29-23)28-19-5-4-6-20(15-19)31-13-11-30(3)12-14-31;1-13(2)26-12-17(16-6-8-22-11-19(16)26)18-7-9-23-20(25-18)24-15-5-3-4-14(21)10-15;1-7-5-3-2-4-6-7/h4-10,15-18H,11-14H2,1-3H3,(H,27,28,29);3-13H,1-2H3,(H,23,24,25);2-6H2,1H3. The fourth-order valence-electron chi connectivity index (χ4n) is 8.32. The summed E-state index contributed by atoms with van der Waals surface area (Å²) in [5.41, 5.74) is 9.33. The molecule has 336 valence electrons. The predicted molar refractivity (Wildman–Crippen MR) is 270 cm³/mol. The second-order valence-corrected chi connectivity index (χ2v) is 18.3. The van der Waals surface area contributed by atoms with Crippen LogP contribution in [0.1, 0.15) is 59.0 Å². The van der Waals surface area contributed by atoms with Crippen molar-refractivity contribution in [2.24, 2.45) is 0 Å². The fourth-order valence-corrected chi connectivity index (χ4v) is 8.72. The summed E-state index contributed by atoms with van der Waals surface area (Å²) in [6, 6.07) is 25.1. The zero-order valence-corrected chi connectivity index (χ0v) is 39.9. The summed E-state index contributed by atoms with van der Waals surface area (Å²) in [5.74, 6) is 1.16. The average molecular weight is 935 g/mol. The van der Waals surface area contributed by atoms with E-state index in [1.807, 2.05) is 73.4 Å². The van der Waals surface area contributed by atoms with Gasteiger partial charge in [0.05, 0.1) is 34.8 Å². The Morgan fingerprint density at radius 3 is 1.55 bits per heavy atom. The zero-order chi connectivity index (χ0) is 45.3. The second-order valence-electron chi connectivity index (χ2n) is 17.4. The molecule has 65 heavy (non-hydrogen) atoms. The highest BCUT2D eigenvalue weighted by molar-refractivity contribution is 9.10. The van der Waals surface area contributed by atoms with E-state index in [1.54, 1.807) is 6.20 Å². The lowest BCUT2D eigenvalue weighted by Gasteiger charge is -2.34. The van der Waals surface area contributed by atoms with Crippen molar-refractivity contribution in [3.05, 3.63) is 127 Å². The Morgan fingerprint density at radius 2 is 1.06 bits per heavy atom. The highest BCUT2D eigenvalue weighted by Crippen LogP contribution is 2.33. The van der Waals surface area contributed by atoms with E-state index in [4.69, 9.17) is 9.97 Å². The average Bonchev–Trinajstić information content (AvgIpc) is 3.91. The first-order valence-electron chi connectivity index (χ1n) is 22.7. The van der Waals surface area contributed by atoms with Gasteiger partial charge in [0, 0.05) is 119 Å². The SMILES string of the molecule is CC(C)n1cc(-c2ccnc(Nc3cccc(Br)c3)n2)c2ccncc21.CC(C)n1cc(-c2ccnc(Nc3cccc(N4CCN(C)CC4)c3)n2)c2ccncc21.CN1CCCCC1. The summed E-state index contributed by atoms with van der Waals surface area (Å²) in [5, 5.41) is 8.95. The van der Waals surface area contributed by atoms with E-state index in [-0.39, 0.29) is 0 Å². The number of halogens is 1. The van der Waals surface area contributed by atoms with Crippen molar-refractivity contribution in [2.75, 3.05) is 68.9 Å². The van der Waals surface area contributed by atoms with Crippen LogP contribution < -0.4 is 15.5 Å². The number of fused-ring (bicyclic) bond motifs is 2. The van der Waals surface area contributed by atoms with Gasteiger partial charge < -0.3 is 34.5 Å². The van der Waals surface area contributed by atoms with E-state index >= 15 is 0 Å². The van der Waals surface area contributed by atoms with Crippen LogP contribution in [0, 0.1) is 0 Å². The number of benzene rings is 2. The molecule has 0 amide bonds. The third-order valence-corrected chi connectivity index (χ3v) is 12.4. The maximum absolute atomic E-state index is 4.84. The smallest absolute Gasteiger partial charge is 0.227 e. The number of hydrogen-bond donors (Lipinski definition) is 2. The van der Waals surface area contributed by atoms with Crippen LogP contribution in [0.3, 0.4) is 0 Å². The molecule has 0 radical (unpaired) electrons. The van der Waals surface area contributed by atoms with Crippen molar-refractivity contribution < 1.29 is 0 Å². The van der Waals surface area contributed by atoms with E-state index in [0.29, 0.717) is 24.0 Å². The molecule has 10 rings (SSSR count). The Bertz CT molecular complexity index is 2800. The van der Waals surface area contributed by atoms with E-state index in [0.717, 1.165) is 86.3 Å². The van der Waals surface area contributed by atoms with Crippen molar-refractivity contribution in [3.63, 3.8) is 0 Å². The van der Waals surface area contributed by atoms with Gasteiger partial charge in [-0.05, 0) is 128 Å². The first-order chi connectivity index (χ1) is 31.6. The Hall–Kier alpha value is -6.22. The van der Waals surface area contributed by atoms with Crippen molar-refractivity contribution in [1.82, 2.24) is 48.8 Å². The van der Waals surface area contributed by atoms with Crippen LogP contribution in [0.15, 0.2) is 127 Å². The number of likely N-dealkylation sites (N-methyl/N-ethyl adjacent to an activating group) is 1. The lowest BCUT2D eigenvalue weighted by Crippen LogP contribution is -2.44. The second kappa shape index (κ2) is 21.2. The number of aromatic nitrogens is 8. The first kappa shape index (κ1) is 45.4. The number of piperazine rings is 1. The molecule has 2 aliphatic heterocycles. The number of nitrogens with one attached hydrogen (secondary N) is 2. The number of rotatable bonds is 9. The van der Waals surface area contributed by atoms with Gasteiger partial charge in [-0.15, -0.1) is 0 Å². The fraction of sp³-hybridized carbons (Fsp3) is 0.333. The normalized spacial score (nSPS) is 14.6. The van der Waals surface area contributed by atoms with Crippen LogP contribution in [0.4, 0.5) is 29.0 Å². The summed E-state index contributed by atoms with van der Waals surface area (Å²) in [7, 11) is 4.37. The van der Waals surface area contributed by atoms with Gasteiger partial charge in [0.2, 0.25) is 11.9 Å². The van der Waals surface area contributed by atoms with Crippen molar-refractivity contribution in [1.29, 1.82) is 0 Å². The number of anilines is 5. The van der Waals surface area contributed by atoms with Gasteiger partial charge in [0.25, 0.3) is 0 Å². The number of hydrogen-bond acceptors (Lipinski definition) is 11. The molecule has 2 aliphatic rings. The molecule has 2 fully saturated rings. The zero-order valence-electron chi connectivity index (χ0n) is 38.4. The van der Waals surface area contributed by atoms with E-state index in [1.165, 1.54) is 38.0 Å². The van der Waals surface area contributed by atoms with Crippen LogP contribution in [-0.2, 0) is 0 Å². The Labute approximate surface area is 391 Å². The number of pyridine rings is 2. The molecule has 2 N–H and O–H groups in total. The quantitative estimate of drug-likeness (QED) is 0.144. The van der Waals surface area contributed by atoms with Gasteiger partial charge in [0.1, 0.15) is 0 Å². The number of likely N-dealkylation sites (tertiary alicyclic amines) is 1. The molecule has 0 bridgehead atoms. The van der Waals surface area contributed by atoms with Gasteiger partial charge >= 0.3 is 0 Å². The summed E-state index contributed by atoms with van der Waals surface area (Å²) < 4.78 is 5.47. The molecule has 0 unspecified atom stereocenters. The summed E-state index contributed by atoms with van der Waals surface area (Å²) in [6.45, 7) is 15.6. The minimum absolute atomic E-state index is 0.340. The molecule has 6 aromatic heterocycles. The molecule has 0 aliphatic carbocycles. The van der Waals surface area contributed by atoms with E-state index < -0.39 is 0 Å². The van der Waals surface area contributed by atoms with Gasteiger partial charge in [-0.25, -0.2) is 19.9 Å². The maximum Gasteiger partial charge on any atom is 0.227 e. The molecule has 2 aromatic carbocycles. The first-order valence-corrected chi connectivity index (χ1v) is 23.5. The third-order valence-electron chi connectivity index (χ3n) is 11.9. The topological polar surface area (TPSA) is 121 Å². The van der Waals surface area contributed by atoms with Crippen molar-refractivity contribution in [3.8, 4) is 22.5 Å².